The second-order valence-electron chi connectivity index (χ2n) is 5.27. The van der Waals surface area contributed by atoms with Gasteiger partial charge in [-0.05, 0) is 60.7 Å². The van der Waals surface area contributed by atoms with E-state index in [1.165, 1.54) is 6.08 Å². The Hall–Kier alpha value is -2.69. The Morgan fingerprint density at radius 2 is 1.80 bits per heavy atom. The average molecular weight is 373 g/mol. The molecule has 0 aliphatic carbocycles. The summed E-state index contributed by atoms with van der Waals surface area (Å²) < 4.78 is 5.70. The van der Waals surface area contributed by atoms with Gasteiger partial charge in [-0.1, -0.05) is 23.2 Å². The molecule has 126 valence electrons. The summed E-state index contributed by atoms with van der Waals surface area (Å²) in [5, 5.41) is 3.84. The molecule has 4 nitrogen and oxygen atoms in total. The lowest BCUT2D eigenvalue weighted by atomic mass is 10.2. The second kappa shape index (κ2) is 7.47. The van der Waals surface area contributed by atoms with Gasteiger partial charge in [-0.15, -0.1) is 0 Å². The Morgan fingerprint density at radius 3 is 2.56 bits per heavy atom. The standard InChI is InChI=1S/C19H14Cl2N2O2/c20-12-1-8-17(21)16(11-12)18-9-6-15(25-18)7-10-19(24)23-14-4-2-13(22)3-5-14/h1-11H,22H2,(H,23,24)/b10-7+. The smallest absolute Gasteiger partial charge is 0.248 e. The molecule has 1 amide bonds. The third-order valence-corrected chi connectivity index (χ3v) is 3.96. The third-order valence-electron chi connectivity index (χ3n) is 3.40. The van der Waals surface area contributed by atoms with Crippen LogP contribution in [-0.2, 0) is 4.79 Å². The zero-order valence-electron chi connectivity index (χ0n) is 13.0. The van der Waals surface area contributed by atoms with Crippen molar-refractivity contribution in [3.63, 3.8) is 0 Å². The van der Waals surface area contributed by atoms with Gasteiger partial charge in [0, 0.05) is 28.0 Å². The number of nitrogen functional groups attached to an aromatic ring is 1. The Balaban J connectivity index is 1.70. The summed E-state index contributed by atoms with van der Waals surface area (Å²) in [7, 11) is 0. The number of carbonyl (C=O) groups excluding carboxylic acids is 1. The molecule has 0 atom stereocenters. The van der Waals surface area contributed by atoms with Crippen LogP contribution >= 0.6 is 23.2 Å². The first-order valence-corrected chi connectivity index (χ1v) is 8.17. The molecule has 3 aromatic rings. The number of nitrogens with one attached hydrogen (secondary N) is 1. The van der Waals surface area contributed by atoms with E-state index >= 15 is 0 Å². The highest BCUT2D eigenvalue weighted by molar-refractivity contribution is 6.35. The molecule has 0 aliphatic rings. The van der Waals surface area contributed by atoms with Gasteiger partial charge in [0.1, 0.15) is 11.5 Å². The minimum absolute atomic E-state index is 0.275. The van der Waals surface area contributed by atoms with E-state index in [9.17, 15) is 4.79 Å². The zero-order valence-corrected chi connectivity index (χ0v) is 14.5. The lowest BCUT2D eigenvalue weighted by Gasteiger charge is -2.02. The van der Waals surface area contributed by atoms with E-state index in [1.807, 2.05) is 0 Å². The van der Waals surface area contributed by atoms with Crippen molar-refractivity contribution in [1.29, 1.82) is 0 Å². The fraction of sp³-hybridized carbons (Fsp3) is 0. The summed E-state index contributed by atoms with van der Waals surface area (Å²) in [6.45, 7) is 0. The van der Waals surface area contributed by atoms with Crippen molar-refractivity contribution in [2.45, 2.75) is 0 Å². The van der Waals surface area contributed by atoms with E-state index in [-0.39, 0.29) is 5.91 Å². The quantitative estimate of drug-likeness (QED) is 0.470. The lowest BCUT2D eigenvalue weighted by molar-refractivity contribution is -0.111. The van der Waals surface area contributed by atoms with Crippen molar-refractivity contribution < 1.29 is 9.21 Å². The maximum absolute atomic E-state index is 11.9. The van der Waals surface area contributed by atoms with Crippen molar-refractivity contribution in [3.8, 4) is 11.3 Å². The number of nitrogens with two attached hydrogens (primary N) is 1. The highest BCUT2D eigenvalue weighted by atomic mass is 35.5. The van der Waals surface area contributed by atoms with Gasteiger partial charge in [0.2, 0.25) is 5.91 Å². The zero-order chi connectivity index (χ0) is 17.8. The highest BCUT2D eigenvalue weighted by Gasteiger charge is 2.08. The van der Waals surface area contributed by atoms with Crippen molar-refractivity contribution in [1.82, 2.24) is 0 Å². The SMILES string of the molecule is Nc1ccc(NC(=O)/C=C/c2ccc(-c3cc(Cl)ccc3Cl)o2)cc1. The van der Waals surface area contributed by atoms with Gasteiger partial charge in [0.05, 0.1) is 5.02 Å². The van der Waals surface area contributed by atoms with Gasteiger partial charge in [-0.3, -0.25) is 4.79 Å². The molecule has 3 rings (SSSR count). The topological polar surface area (TPSA) is 68.3 Å². The van der Waals surface area contributed by atoms with Crippen LogP contribution in [0.4, 0.5) is 11.4 Å². The van der Waals surface area contributed by atoms with Crippen LogP contribution in [0.3, 0.4) is 0 Å². The molecule has 6 heteroatoms. The first kappa shape index (κ1) is 17.1. The van der Waals surface area contributed by atoms with Crippen molar-refractivity contribution >= 4 is 46.6 Å². The number of amides is 1. The molecule has 0 bridgehead atoms. The third kappa shape index (κ3) is 4.44. The van der Waals surface area contributed by atoms with Crippen LogP contribution in [0.1, 0.15) is 5.76 Å². The largest absolute Gasteiger partial charge is 0.457 e. The number of hydrogen-bond acceptors (Lipinski definition) is 3. The van der Waals surface area contributed by atoms with Crippen molar-refractivity contribution in [2.24, 2.45) is 0 Å². The summed E-state index contributed by atoms with van der Waals surface area (Å²) >= 11 is 12.1. The Kier molecular flexibility index (Phi) is 5.12. The Bertz CT molecular complexity index is 931. The van der Waals surface area contributed by atoms with Crippen LogP contribution in [0.2, 0.25) is 10.0 Å². The van der Waals surface area contributed by atoms with Gasteiger partial charge >= 0.3 is 0 Å². The fourth-order valence-electron chi connectivity index (χ4n) is 2.18. The molecule has 0 radical (unpaired) electrons. The van der Waals surface area contributed by atoms with Gasteiger partial charge in [-0.25, -0.2) is 0 Å². The molecule has 25 heavy (non-hydrogen) atoms. The monoisotopic (exact) mass is 372 g/mol. The van der Waals surface area contributed by atoms with E-state index in [1.54, 1.807) is 60.7 Å². The Labute approximate surface area is 154 Å². The van der Waals surface area contributed by atoms with Gasteiger partial charge in [-0.2, -0.15) is 0 Å². The molecule has 3 N–H and O–H groups in total. The van der Waals surface area contributed by atoms with E-state index in [0.717, 1.165) is 0 Å². The van der Waals surface area contributed by atoms with Crippen LogP contribution < -0.4 is 11.1 Å². The summed E-state index contributed by atoms with van der Waals surface area (Å²) in [6.07, 6.45) is 2.97. The predicted molar refractivity (Wildman–Crippen MR) is 103 cm³/mol. The van der Waals surface area contributed by atoms with E-state index in [2.05, 4.69) is 5.32 Å². The molecule has 0 saturated carbocycles. The van der Waals surface area contributed by atoms with E-state index in [0.29, 0.717) is 38.5 Å². The molecule has 1 aromatic heterocycles. The van der Waals surface area contributed by atoms with Crippen LogP contribution in [0.25, 0.3) is 17.4 Å². The number of halogens is 2. The maximum atomic E-state index is 11.9. The number of rotatable bonds is 4. The summed E-state index contributed by atoms with van der Waals surface area (Å²) in [5.74, 6) is 0.827. The molecule has 0 fully saturated rings. The van der Waals surface area contributed by atoms with Crippen LogP contribution in [0, 0.1) is 0 Å². The first-order chi connectivity index (χ1) is 12.0. The molecule has 0 spiro atoms. The Morgan fingerprint density at radius 1 is 1.04 bits per heavy atom. The number of anilines is 2. The van der Waals surface area contributed by atoms with Crippen molar-refractivity contribution in [2.75, 3.05) is 11.1 Å². The number of hydrogen-bond donors (Lipinski definition) is 2. The fourth-order valence-corrected chi connectivity index (χ4v) is 2.56. The minimum Gasteiger partial charge on any atom is -0.457 e. The van der Waals surface area contributed by atoms with Crippen LogP contribution in [-0.4, -0.2) is 5.91 Å². The number of benzene rings is 2. The van der Waals surface area contributed by atoms with Gasteiger partial charge in [0.25, 0.3) is 0 Å². The molecule has 0 saturated heterocycles. The molecule has 0 unspecified atom stereocenters. The van der Waals surface area contributed by atoms with Gasteiger partial charge in [0.15, 0.2) is 0 Å². The van der Waals surface area contributed by atoms with Crippen molar-refractivity contribution in [3.05, 3.63) is 76.5 Å². The summed E-state index contributed by atoms with van der Waals surface area (Å²) in [5.41, 5.74) is 7.60. The first-order valence-electron chi connectivity index (χ1n) is 7.41. The van der Waals surface area contributed by atoms with Crippen LogP contribution in [0.15, 0.2) is 65.1 Å². The lowest BCUT2D eigenvalue weighted by Crippen LogP contribution is -2.07. The van der Waals surface area contributed by atoms with E-state index < -0.39 is 0 Å². The number of furan rings is 1. The molecule has 1 heterocycles. The predicted octanol–water partition coefficient (Wildman–Crippen LogP) is 5.49. The average Bonchev–Trinajstić information content (AvgIpc) is 3.06. The number of carbonyl (C=O) groups is 1. The summed E-state index contributed by atoms with van der Waals surface area (Å²) in [6, 6.07) is 15.6. The molecular weight excluding hydrogens is 359 g/mol. The minimum atomic E-state index is -0.275. The highest BCUT2D eigenvalue weighted by Crippen LogP contribution is 2.32. The second-order valence-corrected chi connectivity index (χ2v) is 6.11. The van der Waals surface area contributed by atoms with E-state index in [4.69, 9.17) is 33.4 Å². The maximum Gasteiger partial charge on any atom is 0.248 e. The normalized spacial score (nSPS) is 11.0. The van der Waals surface area contributed by atoms with Crippen LogP contribution in [0.5, 0.6) is 0 Å². The van der Waals surface area contributed by atoms with Gasteiger partial charge < -0.3 is 15.5 Å². The molecule has 2 aromatic carbocycles. The molecule has 0 aliphatic heterocycles. The molecular formula is C19H14Cl2N2O2. The summed E-state index contributed by atoms with van der Waals surface area (Å²) in [4.78, 5) is 11.9.